The third-order valence-corrected chi connectivity index (χ3v) is 7.98. The van der Waals surface area contributed by atoms with Crippen LogP contribution in [-0.4, -0.2) is 48.6 Å². The molecular weight excluding hydrogens is 524 g/mol. The first kappa shape index (κ1) is 30.1. The Morgan fingerprint density at radius 2 is 1.56 bits per heavy atom. The lowest BCUT2D eigenvalue weighted by Crippen LogP contribution is -2.31. The number of carbonyl (C=O) groups is 2. The summed E-state index contributed by atoms with van der Waals surface area (Å²) in [5, 5.41) is 20.6. The molecule has 0 heterocycles. The second kappa shape index (κ2) is 14.2. The summed E-state index contributed by atoms with van der Waals surface area (Å²) in [6.45, 7) is 1.38. The fourth-order valence-corrected chi connectivity index (χ4v) is 5.80. The van der Waals surface area contributed by atoms with Gasteiger partial charge in [-0.3, -0.25) is 9.59 Å². The summed E-state index contributed by atoms with van der Waals surface area (Å²) < 4.78 is 22.6. The van der Waals surface area contributed by atoms with Gasteiger partial charge in [-0.15, -0.1) is 0 Å². The molecule has 41 heavy (non-hydrogen) atoms. The van der Waals surface area contributed by atoms with E-state index in [1.807, 2.05) is 0 Å². The number of fused-ring (bicyclic) bond motifs is 1. The zero-order valence-electron chi connectivity index (χ0n) is 24.1. The minimum atomic E-state index is -0.541. The lowest BCUT2D eigenvalue weighted by molar-refractivity contribution is -0.159. The number of phenols is 2. The van der Waals surface area contributed by atoms with Crippen LogP contribution in [0.4, 0.5) is 0 Å². The Kier molecular flexibility index (Phi) is 10.4. The largest absolute Gasteiger partial charge is 0.504 e. The van der Waals surface area contributed by atoms with E-state index in [2.05, 4.69) is 11.8 Å². The predicted octanol–water partition coefficient (Wildman–Crippen LogP) is 5.59. The molecule has 2 aliphatic carbocycles. The van der Waals surface area contributed by atoms with E-state index >= 15 is 0 Å². The molecule has 8 heteroatoms. The smallest absolute Gasteiger partial charge is 0.309 e. The molecule has 0 bridgehead atoms. The summed E-state index contributed by atoms with van der Waals surface area (Å²) >= 11 is 0. The van der Waals surface area contributed by atoms with Crippen molar-refractivity contribution in [3.05, 3.63) is 47.0 Å². The summed E-state index contributed by atoms with van der Waals surface area (Å²) in [6.07, 6.45) is 5.93. The summed E-state index contributed by atoms with van der Waals surface area (Å²) in [5.41, 5.74) is 2.61. The molecule has 0 spiro atoms. The van der Waals surface area contributed by atoms with Crippen molar-refractivity contribution >= 4 is 11.9 Å². The molecule has 4 rings (SSSR count). The number of methoxy groups -OCH3 is 2. The summed E-state index contributed by atoms with van der Waals surface area (Å²) in [7, 11) is 2.99. The Morgan fingerprint density at radius 3 is 2.27 bits per heavy atom. The minimum absolute atomic E-state index is 0.0194. The van der Waals surface area contributed by atoms with Crippen molar-refractivity contribution in [1.29, 1.82) is 0 Å². The molecule has 0 amide bonds. The van der Waals surface area contributed by atoms with E-state index in [1.165, 1.54) is 21.1 Å². The maximum absolute atomic E-state index is 13.3. The molecule has 0 aliphatic heterocycles. The lowest BCUT2D eigenvalue weighted by atomic mass is 9.88. The fourth-order valence-electron chi connectivity index (χ4n) is 5.80. The van der Waals surface area contributed by atoms with Crippen LogP contribution in [0.3, 0.4) is 0 Å². The van der Waals surface area contributed by atoms with E-state index in [9.17, 15) is 19.8 Å². The quantitative estimate of drug-likeness (QED) is 0.345. The molecule has 0 radical (unpaired) electrons. The summed E-state index contributed by atoms with van der Waals surface area (Å²) in [5.74, 6) is 6.28. The third kappa shape index (κ3) is 8.09. The number of ether oxygens (including phenoxy) is 4. The molecule has 2 N–H and O–H groups in total. The van der Waals surface area contributed by atoms with Crippen molar-refractivity contribution in [2.75, 3.05) is 14.2 Å². The highest BCUT2D eigenvalue weighted by atomic mass is 16.6. The lowest BCUT2D eigenvalue weighted by Gasteiger charge is -2.29. The summed E-state index contributed by atoms with van der Waals surface area (Å²) in [6, 6.07) is 8.57. The number of esters is 2. The number of aromatic hydroxyl groups is 2. The Labute approximate surface area is 242 Å². The first-order valence-corrected chi connectivity index (χ1v) is 14.4. The van der Waals surface area contributed by atoms with Gasteiger partial charge in [-0.2, -0.15) is 0 Å². The van der Waals surface area contributed by atoms with E-state index < -0.39 is 18.2 Å². The fraction of sp³-hybridized carbons (Fsp3) is 0.515. The van der Waals surface area contributed by atoms with Gasteiger partial charge in [-0.1, -0.05) is 37.2 Å². The standard InChI is InChI=1S/C33H40O8/c1-21(34)40-27-14-12-25-19-32(39-3)30(36)17-24(25)11-7-10-23(26-13-15-29(35)31(18-26)38-2)16-28(20-27)41-33(37)22-8-5-4-6-9-22/h13,15,17-19,22-23,27-28,35-36H,4-6,8-9,11-12,14,16,20H2,1-3H3. The molecule has 0 aromatic heterocycles. The summed E-state index contributed by atoms with van der Waals surface area (Å²) in [4.78, 5) is 25.4. The molecule has 2 aromatic carbocycles. The SMILES string of the molecule is COc1cc(C2C#CCc3cc(O)c(OC)cc3CCC(OC(C)=O)CC(OC(=O)C3CCCCC3)C2)ccc1O. The number of hydrogen-bond acceptors (Lipinski definition) is 8. The predicted molar refractivity (Wildman–Crippen MR) is 153 cm³/mol. The van der Waals surface area contributed by atoms with Crippen molar-refractivity contribution in [1.82, 2.24) is 0 Å². The Hall–Kier alpha value is -3.86. The van der Waals surface area contributed by atoms with E-state index in [-0.39, 0.29) is 29.3 Å². The van der Waals surface area contributed by atoms with Gasteiger partial charge in [0.1, 0.15) is 12.2 Å². The van der Waals surface area contributed by atoms with Gasteiger partial charge in [0.25, 0.3) is 0 Å². The molecule has 3 unspecified atom stereocenters. The van der Waals surface area contributed by atoms with Crippen molar-refractivity contribution < 1.29 is 38.7 Å². The van der Waals surface area contributed by atoms with Crippen LogP contribution in [0.2, 0.25) is 0 Å². The zero-order chi connectivity index (χ0) is 29.4. The number of benzene rings is 2. The molecule has 1 saturated carbocycles. The molecule has 8 nitrogen and oxygen atoms in total. The topological polar surface area (TPSA) is 112 Å². The zero-order valence-corrected chi connectivity index (χ0v) is 24.1. The van der Waals surface area contributed by atoms with Gasteiger partial charge < -0.3 is 29.2 Å². The van der Waals surface area contributed by atoms with Gasteiger partial charge in [0.2, 0.25) is 0 Å². The second-order valence-electron chi connectivity index (χ2n) is 10.9. The van der Waals surface area contributed by atoms with Gasteiger partial charge in [0.15, 0.2) is 23.0 Å². The molecule has 2 aromatic rings. The average molecular weight is 565 g/mol. The van der Waals surface area contributed by atoms with Crippen LogP contribution < -0.4 is 9.47 Å². The van der Waals surface area contributed by atoms with E-state index in [4.69, 9.17) is 18.9 Å². The maximum atomic E-state index is 13.3. The molecular formula is C33H40O8. The van der Waals surface area contributed by atoms with Gasteiger partial charge in [-0.05, 0) is 66.6 Å². The number of rotatable bonds is 6. The van der Waals surface area contributed by atoms with Gasteiger partial charge in [0, 0.05) is 32.1 Å². The molecule has 2 aliphatic rings. The second-order valence-corrected chi connectivity index (χ2v) is 10.9. The number of hydrogen-bond donors (Lipinski definition) is 2. The van der Waals surface area contributed by atoms with E-state index in [0.717, 1.165) is 48.8 Å². The van der Waals surface area contributed by atoms with E-state index in [1.54, 1.807) is 30.3 Å². The van der Waals surface area contributed by atoms with Crippen molar-refractivity contribution in [2.45, 2.75) is 89.3 Å². The maximum Gasteiger partial charge on any atom is 0.309 e. The van der Waals surface area contributed by atoms with Crippen LogP contribution in [0.15, 0.2) is 30.3 Å². The number of phenolic OH excluding ortho intramolecular Hbond substituents is 2. The van der Waals surface area contributed by atoms with Crippen LogP contribution in [0.1, 0.15) is 80.9 Å². The van der Waals surface area contributed by atoms with Crippen LogP contribution in [0, 0.1) is 17.8 Å². The molecule has 0 saturated heterocycles. The van der Waals surface area contributed by atoms with Gasteiger partial charge in [0.05, 0.1) is 20.1 Å². The molecule has 3 atom stereocenters. The number of aryl methyl sites for hydroxylation is 1. The highest BCUT2D eigenvalue weighted by Crippen LogP contribution is 2.35. The monoisotopic (exact) mass is 564 g/mol. The third-order valence-electron chi connectivity index (χ3n) is 7.98. The average Bonchev–Trinajstić information content (AvgIpc) is 2.95. The van der Waals surface area contributed by atoms with Crippen LogP contribution in [0.25, 0.3) is 0 Å². The number of carbonyl (C=O) groups excluding carboxylic acids is 2. The van der Waals surface area contributed by atoms with Gasteiger partial charge in [-0.25, -0.2) is 0 Å². The minimum Gasteiger partial charge on any atom is -0.504 e. The highest BCUT2D eigenvalue weighted by Gasteiger charge is 2.30. The van der Waals surface area contributed by atoms with Crippen molar-refractivity contribution in [3.63, 3.8) is 0 Å². The first-order valence-electron chi connectivity index (χ1n) is 14.4. The van der Waals surface area contributed by atoms with Crippen molar-refractivity contribution in [2.24, 2.45) is 5.92 Å². The first-order chi connectivity index (χ1) is 19.8. The van der Waals surface area contributed by atoms with Crippen LogP contribution in [-0.2, 0) is 31.9 Å². The normalized spacial score (nSPS) is 21.6. The molecule has 220 valence electrons. The molecule has 1 fully saturated rings. The van der Waals surface area contributed by atoms with E-state index in [0.29, 0.717) is 43.6 Å². The Bertz CT molecular complexity index is 1280. The van der Waals surface area contributed by atoms with Crippen LogP contribution in [0.5, 0.6) is 23.0 Å². The highest BCUT2D eigenvalue weighted by molar-refractivity contribution is 5.72. The van der Waals surface area contributed by atoms with Gasteiger partial charge >= 0.3 is 11.9 Å². The van der Waals surface area contributed by atoms with Crippen molar-refractivity contribution in [3.8, 4) is 34.8 Å². The Morgan fingerprint density at radius 1 is 0.829 bits per heavy atom. The van der Waals surface area contributed by atoms with Crippen LogP contribution >= 0.6 is 0 Å². The Balaban J connectivity index is 1.73.